The van der Waals surface area contributed by atoms with Crippen LogP contribution in [0.25, 0.3) is 5.70 Å². The molecule has 1 saturated heterocycles. The molecule has 21 heavy (non-hydrogen) atoms. The van der Waals surface area contributed by atoms with E-state index in [4.69, 9.17) is 9.47 Å². The summed E-state index contributed by atoms with van der Waals surface area (Å²) < 4.78 is 11.2. The molecule has 0 aliphatic carbocycles. The lowest BCUT2D eigenvalue weighted by Crippen LogP contribution is -2.46. The standard InChI is InChI=1S/C17H21NO3/c1-17(2)18-14(13-5-3-4-6-16(13)21-17)11-15(19)12-7-9-20-10-8-12/h3-6,11-12,18H,7-10H2,1-2H3/b14-11-. The molecular formula is C17H21NO3. The first-order valence-corrected chi connectivity index (χ1v) is 7.45. The van der Waals surface area contributed by atoms with Crippen LogP contribution in [0.2, 0.25) is 0 Å². The average molecular weight is 287 g/mol. The first kappa shape index (κ1) is 14.1. The van der Waals surface area contributed by atoms with Crippen molar-refractivity contribution in [3.8, 4) is 5.75 Å². The highest BCUT2D eigenvalue weighted by Crippen LogP contribution is 2.33. The minimum Gasteiger partial charge on any atom is -0.468 e. The number of fused-ring (bicyclic) bond motifs is 1. The van der Waals surface area contributed by atoms with Gasteiger partial charge in [-0.3, -0.25) is 4.79 Å². The number of nitrogens with one attached hydrogen (secondary N) is 1. The molecule has 2 aliphatic rings. The van der Waals surface area contributed by atoms with E-state index in [0.717, 1.165) is 29.9 Å². The molecule has 1 aromatic carbocycles. The van der Waals surface area contributed by atoms with Crippen molar-refractivity contribution in [1.29, 1.82) is 0 Å². The van der Waals surface area contributed by atoms with Gasteiger partial charge in [0.1, 0.15) is 5.75 Å². The van der Waals surface area contributed by atoms with E-state index in [0.29, 0.717) is 13.2 Å². The number of benzene rings is 1. The van der Waals surface area contributed by atoms with Gasteiger partial charge in [-0.25, -0.2) is 0 Å². The van der Waals surface area contributed by atoms with Crippen LogP contribution in [0.3, 0.4) is 0 Å². The molecular weight excluding hydrogens is 266 g/mol. The van der Waals surface area contributed by atoms with Crippen LogP contribution in [-0.4, -0.2) is 24.7 Å². The third-order valence-electron chi connectivity index (χ3n) is 3.89. The van der Waals surface area contributed by atoms with Crippen LogP contribution in [0, 0.1) is 5.92 Å². The number of hydrogen-bond donors (Lipinski definition) is 1. The summed E-state index contributed by atoms with van der Waals surface area (Å²) in [5.41, 5.74) is 1.27. The number of allylic oxidation sites excluding steroid dienone is 1. The van der Waals surface area contributed by atoms with Gasteiger partial charge in [-0.05, 0) is 38.8 Å². The molecule has 4 nitrogen and oxygen atoms in total. The van der Waals surface area contributed by atoms with Crippen LogP contribution in [0.5, 0.6) is 5.75 Å². The second-order valence-corrected chi connectivity index (χ2v) is 6.08. The molecule has 3 rings (SSSR count). The first-order chi connectivity index (χ1) is 10.1. The van der Waals surface area contributed by atoms with Gasteiger partial charge in [-0.1, -0.05) is 12.1 Å². The van der Waals surface area contributed by atoms with Crippen molar-refractivity contribution in [2.45, 2.75) is 32.4 Å². The number of hydrogen-bond acceptors (Lipinski definition) is 4. The molecule has 1 fully saturated rings. The van der Waals surface area contributed by atoms with Gasteiger partial charge in [0.05, 0.1) is 5.70 Å². The zero-order chi connectivity index (χ0) is 14.9. The number of ketones is 1. The summed E-state index contributed by atoms with van der Waals surface area (Å²) in [6, 6.07) is 7.80. The van der Waals surface area contributed by atoms with Crippen LogP contribution in [0.15, 0.2) is 30.3 Å². The Morgan fingerprint density at radius 1 is 1.29 bits per heavy atom. The van der Waals surface area contributed by atoms with E-state index in [9.17, 15) is 4.79 Å². The first-order valence-electron chi connectivity index (χ1n) is 7.45. The van der Waals surface area contributed by atoms with Crippen molar-refractivity contribution in [3.63, 3.8) is 0 Å². The summed E-state index contributed by atoms with van der Waals surface area (Å²) in [6.45, 7) is 5.27. The number of ether oxygens (including phenoxy) is 2. The number of para-hydroxylation sites is 1. The van der Waals surface area contributed by atoms with Crippen LogP contribution >= 0.6 is 0 Å². The fraction of sp³-hybridized carbons (Fsp3) is 0.471. The van der Waals surface area contributed by atoms with Gasteiger partial charge in [0.25, 0.3) is 0 Å². The fourth-order valence-electron chi connectivity index (χ4n) is 2.83. The molecule has 0 saturated carbocycles. The molecule has 4 heteroatoms. The number of carbonyl (C=O) groups is 1. The number of carbonyl (C=O) groups excluding carboxylic acids is 1. The second kappa shape index (κ2) is 5.53. The molecule has 0 bridgehead atoms. The van der Waals surface area contributed by atoms with Crippen LogP contribution < -0.4 is 10.1 Å². The zero-order valence-electron chi connectivity index (χ0n) is 12.5. The maximum atomic E-state index is 12.5. The Bertz CT molecular complexity index is 571. The zero-order valence-corrected chi connectivity index (χ0v) is 12.5. The van der Waals surface area contributed by atoms with Crippen LogP contribution in [0.1, 0.15) is 32.3 Å². The maximum Gasteiger partial charge on any atom is 0.175 e. The third kappa shape index (κ3) is 3.10. The molecule has 0 unspecified atom stereocenters. The minimum absolute atomic E-state index is 0.0752. The average Bonchev–Trinajstić information content (AvgIpc) is 2.47. The van der Waals surface area contributed by atoms with Gasteiger partial charge in [-0.15, -0.1) is 0 Å². The summed E-state index contributed by atoms with van der Waals surface area (Å²) in [4.78, 5) is 12.5. The van der Waals surface area contributed by atoms with Crippen LogP contribution in [-0.2, 0) is 9.53 Å². The lowest BCUT2D eigenvalue weighted by molar-refractivity contribution is -0.120. The third-order valence-corrected chi connectivity index (χ3v) is 3.89. The maximum absolute atomic E-state index is 12.5. The summed E-state index contributed by atoms with van der Waals surface area (Å²) in [5.74, 6) is 1.06. The molecule has 0 spiro atoms. The molecule has 0 atom stereocenters. The normalized spacial score (nSPS) is 23.0. The van der Waals surface area contributed by atoms with Gasteiger partial charge in [-0.2, -0.15) is 0 Å². The Balaban J connectivity index is 1.89. The molecule has 1 N–H and O–H groups in total. The lowest BCUT2D eigenvalue weighted by Gasteiger charge is -2.36. The van der Waals surface area contributed by atoms with Gasteiger partial charge in [0.2, 0.25) is 0 Å². The minimum atomic E-state index is -0.518. The van der Waals surface area contributed by atoms with Crippen molar-refractivity contribution >= 4 is 11.5 Å². The van der Waals surface area contributed by atoms with Crippen molar-refractivity contribution < 1.29 is 14.3 Å². The van der Waals surface area contributed by atoms with E-state index < -0.39 is 5.72 Å². The van der Waals surface area contributed by atoms with Crippen molar-refractivity contribution in [3.05, 3.63) is 35.9 Å². The largest absolute Gasteiger partial charge is 0.468 e. The van der Waals surface area contributed by atoms with Gasteiger partial charge in [0.15, 0.2) is 11.5 Å². The van der Waals surface area contributed by atoms with Gasteiger partial charge < -0.3 is 14.8 Å². The molecule has 0 radical (unpaired) electrons. The van der Waals surface area contributed by atoms with E-state index in [1.54, 1.807) is 6.08 Å². The van der Waals surface area contributed by atoms with Crippen LogP contribution in [0.4, 0.5) is 0 Å². The Hall–Kier alpha value is -1.81. The molecule has 0 amide bonds. The molecule has 2 heterocycles. The fourth-order valence-corrected chi connectivity index (χ4v) is 2.83. The monoisotopic (exact) mass is 287 g/mol. The van der Waals surface area contributed by atoms with E-state index in [1.165, 1.54) is 0 Å². The molecule has 1 aromatic rings. The summed E-state index contributed by atoms with van der Waals surface area (Å²) >= 11 is 0. The lowest BCUT2D eigenvalue weighted by atomic mass is 9.93. The topological polar surface area (TPSA) is 47.6 Å². The summed E-state index contributed by atoms with van der Waals surface area (Å²) in [7, 11) is 0. The van der Waals surface area contributed by atoms with Gasteiger partial charge in [0, 0.05) is 30.8 Å². The van der Waals surface area contributed by atoms with Gasteiger partial charge >= 0.3 is 0 Å². The Morgan fingerprint density at radius 2 is 2.00 bits per heavy atom. The van der Waals surface area contributed by atoms with Crippen molar-refractivity contribution in [1.82, 2.24) is 5.32 Å². The molecule has 112 valence electrons. The summed E-state index contributed by atoms with van der Waals surface area (Å²) in [5, 5.41) is 3.31. The Labute approximate surface area is 125 Å². The van der Waals surface area contributed by atoms with E-state index in [-0.39, 0.29) is 11.7 Å². The Kier molecular flexibility index (Phi) is 3.72. The number of rotatable bonds is 2. The SMILES string of the molecule is CC1(C)N/C(=C\C(=O)C2CCOCC2)c2ccccc2O1. The van der Waals surface area contributed by atoms with E-state index >= 15 is 0 Å². The Morgan fingerprint density at radius 3 is 2.76 bits per heavy atom. The quantitative estimate of drug-likeness (QED) is 0.850. The van der Waals surface area contributed by atoms with E-state index in [1.807, 2.05) is 38.1 Å². The summed E-state index contributed by atoms with van der Waals surface area (Å²) in [6.07, 6.45) is 3.35. The smallest absolute Gasteiger partial charge is 0.175 e. The van der Waals surface area contributed by atoms with Crippen molar-refractivity contribution in [2.24, 2.45) is 5.92 Å². The molecule has 2 aliphatic heterocycles. The molecule has 0 aromatic heterocycles. The highest BCUT2D eigenvalue weighted by Gasteiger charge is 2.30. The highest BCUT2D eigenvalue weighted by molar-refractivity contribution is 5.98. The van der Waals surface area contributed by atoms with E-state index in [2.05, 4.69) is 5.32 Å². The highest BCUT2D eigenvalue weighted by atomic mass is 16.5. The second-order valence-electron chi connectivity index (χ2n) is 6.08. The predicted octanol–water partition coefficient (Wildman–Crippen LogP) is 2.74. The van der Waals surface area contributed by atoms with Crippen molar-refractivity contribution in [2.75, 3.05) is 13.2 Å². The predicted molar refractivity (Wildman–Crippen MR) is 80.8 cm³/mol.